The number of furan rings is 1. The molecule has 0 N–H and O–H groups in total. The second-order valence-corrected chi connectivity index (χ2v) is 5.57. The fourth-order valence-electron chi connectivity index (χ4n) is 2.78. The third-order valence-corrected chi connectivity index (χ3v) is 4.15. The van der Waals surface area contributed by atoms with E-state index < -0.39 is 0 Å². The number of carbonyl (C=O) groups excluding carboxylic acids is 2. The first-order valence-corrected chi connectivity index (χ1v) is 7.63. The molecule has 3 heterocycles. The van der Waals surface area contributed by atoms with E-state index in [1.54, 1.807) is 11.0 Å². The summed E-state index contributed by atoms with van der Waals surface area (Å²) in [6.45, 7) is 5.77. The maximum Gasteiger partial charge on any atom is 0.257 e. The number of ether oxygens (including phenoxy) is 1. The molecule has 2 fully saturated rings. The van der Waals surface area contributed by atoms with Crippen molar-refractivity contribution in [1.82, 2.24) is 14.7 Å². The van der Waals surface area contributed by atoms with Crippen molar-refractivity contribution < 1.29 is 18.7 Å². The first-order valence-electron chi connectivity index (χ1n) is 7.63. The Hall–Kier alpha value is -1.86. The molecular formula is C15H21N3O4. The van der Waals surface area contributed by atoms with Crippen molar-refractivity contribution in [2.45, 2.75) is 0 Å². The molecule has 1 aromatic heterocycles. The van der Waals surface area contributed by atoms with Gasteiger partial charge in [0.1, 0.15) is 6.26 Å². The highest BCUT2D eigenvalue weighted by Crippen LogP contribution is 2.10. The van der Waals surface area contributed by atoms with E-state index in [0.29, 0.717) is 51.5 Å². The van der Waals surface area contributed by atoms with Gasteiger partial charge in [-0.05, 0) is 6.07 Å². The van der Waals surface area contributed by atoms with Crippen LogP contribution in [0.5, 0.6) is 0 Å². The number of hydrogen-bond donors (Lipinski definition) is 0. The van der Waals surface area contributed by atoms with Crippen molar-refractivity contribution in [2.24, 2.45) is 0 Å². The molecule has 0 radical (unpaired) electrons. The molecule has 0 spiro atoms. The highest BCUT2D eigenvalue weighted by Gasteiger charge is 2.26. The molecule has 2 amide bonds. The van der Waals surface area contributed by atoms with Crippen LogP contribution in [0.2, 0.25) is 0 Å². The molecule has 7 nitrogen and oxygen atoms in total. The van der Waals surface area contributed by atoms with Gasteiger partial charge in [-0.1, -0.05) is 0 Å². The highest BCUT2D eigenvalue weighted by atomic mass is 16.5. The molecule has 0 bridgehead atoms. The van der Waals surface area contributed by atoms with Crippen LogP contribution in [-0.4, -0.2) is 85.5 Å². The number of rotatable bonds is 3. The van der Waals surface area contributed by atoms with Gasteiger partial charge in [0, 0.05) is 39.3 Å². The van der Waals surface area contributed by atoms with Gasteiger partial charge >= 0.3 is 0 Å². The predicted molar refractivity (Wildman–Crippen MR) is 78.5 cm³/mol. The Morgan fingerprint density at radius 3 is 2.32 bits per heavy atom. The van der Waals surface area contributed by atoms with Crippen molar-refractivity contribution in [3.8, 4) is 0 Å². The standard InChI is InChI=1S/C15H21N3O4/c19-14(11-16-6-9-21-10-7-16)17-2-4-18(5-3-17)15(20)13-1-8-22-12-13/h1,8,12H,2-7,9-11H2. The first kappa shape index (κ1) is 15.1. The fraction of sp³-hybridized carbons (Fsp3) is 0.600. The Morgan fingerprint density at radius 1 is 1.00 bits per heavy atom. The van der Waals surface area contributed by atoms with Gasteiger partial charge in [-0.2, -0.15) is 0 Å². The van der Waals surface area contributed by atoms with Gasteiger partial charge in [-0.25, -0.2) is 0 Å². The summed E-state index contributed by atoms with van der Waals surface area (Å²) in [6, 6.07) is 1.66. The summed E-state index contributed by atoms with van der Waals surface area (Å²) in [5.74, 6) is 0.103. The van der Waals surface area contributed by atoms with E-state index in [1.807, 2.05) is 4.90 Å². The summed E-state index contributed by atoms with van der Waals surface area (Å²) in [5.41, 5.74) is 0.563. The topological polar surface area (TPSA) is 66.2 Å². The molecule has 120 valence electrons. The molecule has 2 aliphatic rings. The number of hydrogen-bond acceptors (Lipinski definition) is 5. The second kappa shape index (κ2) is 6.93. The van der Waals surface area contributed by atoms with E-state index >= 15 is 0 Å². The summed E-state index contributed by atoms with van der Waals surface area (Å²) < 4.78 is 10.2. The zero-order valence-electron chi connectivity index (χ0n) is 12.6. The summed E-state index contributed by atoms with van der Waals surface area (Å²) in [6.07, 6.45) is 2.95. The fourth-order valence-corrected chi connectivity index (χ4v) is 2.78. The number of nitrogens with zero attached hydrogens (tertiary/aromatic N) is 3. The number of piperazine rings is 1. The predicted octanol–water partition coefficient (Wildman–Crippen LogP) is -0.104. The molecule has 2 aliphatic heterocycles. The summed E-state index contributed by atoms with van der Waals surface area (Å²) in [5, 5.41) is 0. The molecule has 7 heteroatoms. The Labute approximate surface area is 129 Å². The van der Waals surface area contributed by atoms with Crippen LogP contribution in [0.1, 0.15) is 10.4 Å². The van der Waals surface area contributed by atoms with Crippen molar-refractivity contribution >= 4 is 11.8 Å². The maximum atomic E-state index is 12.3. The monoisotopic (exact) mass is 307 g/mol. The Bertz CT molecular complexity index is 503. The smallest absolute Gasteiger partial charge is 0.257 e. The molecule has 2 saturated heterocycles. The van der Waals surface area contributed by atoms with Gasteiger partial charge in [-0.3, -0.25) is 14.5 Å². The van der Waals surface area contributed by atoms with Gasteiger partial charge < -0.3 is 19.0 Å². The zero-order chi connectivity index (χ0) is 15.4. The summed E-state index contributed by atoms with van der Waals surface area (Å²) in [4.78, 5) is 30.2. The third kappa shape index (κ3) is 3.48. The molecule has 0 saturated carbocycles. The normalized spacial score (nSPS) is 20.2. The lowest BCUT2D eigenvalue weighted by Crippen LogP contribution is -2.53. The Balaban J connectivity index is 1.46. The lowest BCUT2D eigenvalue weighted by atomic mass is 10.2. The van der Waals surface area contributed by atoms with Gasteiger partial charge in [0.25, 0.3) is 5.91 Å². The van der Waals surface area contributed by atoms with Crippen LogP contribution in [-0.2, 0) is 9.53 Å². The molecule has 22 heavy (non-hydrogen) atoms. The molecule has 0 aliphatic carbocycles. The largest absolute Gasteiger partial charge is 0.472 e. The van der Waals surface area contributed by atoms with Gasteiger partial charge in [0.15, 0.2) is 0 Å². The Kier molecular flexibility index (Phi) is 4.74. The van der Waals surface area contributed by atoms with Crippen LogP contribution < -0.4 is 0 Å². The van der Waals surface area contributed by atoms with Crippen LogP contribution in [0.15, 0.2) is 23.0 Å². The molecule has 1 aromatic rings. The van der Waals surface area contributed by atoms with Gasteiger partial charge in [0.05, 0.1) is 31.6 Å². The Morgan fingerprint density at radius 2 is 1.68 bits per heavy atom. The van der Waals surface area contributed by atoms with Crippen molar-refractivity contribution in [1.29, 1.82) is 0 Å². The summed E-state index contributed by atoms with van der Waals surface area (Å²) in [7, 11) is 0. The SMILES string of the molecule is O=C(CN1CCOCC1)N1CCN(C(=O)c2ccoc2)CC1. The van der Waals surface area contributed by atoms with Crippen LogP contribution in [0.25, 0.3) is 0 Å². The van der Waals surface area contributed by atoms with Crippen LogP contribution in [0, 0.1) is 0 Å². The van der Waals surface area contributed by atoms with Crippen LogP contribution in [0.4, 0.5) is 0 Å². The van der Waals surface area contributed by atoms with Crippen LogP contribution in [0.3, 0.4) is 0 Å². The number of amides is 2. The van der Waals surface area contributed by atoms with E-state index in [2.05, 4.69) is 4.90 Å². The lowest BCUT2D eigenvalue weighted by molar-refractivity contribution is -0.134. The van der Waals surface area contributed by atoms with Crippen molar-refractivity contribution in [3.63, 3.8) is 0 Å². The molecule has 0 atom stereocenters. The number of morpholine rings is 1. The van der Waals surface area contributed by atoms with E-state index in [1.165, 1.54) is 12.5 Å². The highest BCUT2D eigenvalue weighted by molar-refractivity contribution is 5.94. The quantitative estimate of drug-likeness (QED) is 0.780. The van der Waals surface area contributed by atoms with E-state index in [4.69, 9.17) is 9.15 Å². The molecule has 0 unspecified atom stereocenters. The zero-order valence-corrected chi connectivity index (χ0v) is 12.6. The average molecular weight is 307 g/mol. The second-order valence-electron chi connectivity index (χ2n) is 5.57. The van der Waals surface area contributed by atoms with E-state index in [0.717, 1.165) is 13.1 Å². The summed E-state index contributed by atoms with van der Waals surface area (Å²) >= 11 is 0. The van der Waals surface area contributed by atoms with Crippen LogP contribution >= 0.6 is 0 Å². The lowest BCUT2D eigenvalue weighted by Gasteiger charge is -2.36. The minimum atomic E-state index is -0.0333. The van der Waals surface area contributed by atoms with Crippen molar-refractivity contribution in [2.75, 3.05) is 59.0 Å². The van der Waals surface area contributed by atoms with Gasteiger partial charge in [-0.15, -0.1) is 0 Å². The third-order valence-electron chi connectivity index (χ3n) is 4.15. The minimum Gasteiger partial charge on any atom is -0.472 e. The van der Waals surface area contributed by atoms with Gasteiger partial charge in [0.2, 0.25) is 5.91 Å². The molecular weight excluding hydrogens is 286 g/mol. The maximum absolute atomic E-state index is 12.3. The molecule has 0 aromatic carbocycles. The van der Waals surface area contributed by atoms with Crippen molar-refractivity contribution in [3.05, 3.63) is 24.2 Å². The molecule has 3 rings (SSSR count). The average Bonchev–Trinajstić information content (AvgIpc) is 3.10. The van der Waals surface area contributed by atoms with E-state index in [9.17, 15) is 9.59 Å². The van der Waals surface area contributed by atoms with E-state index in [-0.39, 0.29) is 11.8 Å². The minimum absolute atomic E-state index is 0.0333. The number of carbonyl (C=O) groups is 2. The first-order chi connectivity index (χ1) is 10.7.